The van der Waals surface area contributed by atoms with Crippen molar-refractivity contribution in [3.05, 3.63) is 32.9 Å². The summed E-state index contributed by atoms with van der Waals surface area (Å²) < 4.78 is 26.7. The minimum Gasteiger partial charge on any atom is -0.392 e. The van der Waals surface area contributed by atoms with E-state index in [0.29, 0.717) is 11.1 Å². The van der Waals surface area contributed by atoms with Gasteiger partial charge in [0.1, 0.15) is 0 Å². The van der Waals surface area contributed by atoms with Crippen LogP contribution >= 0.6 is 0 Å². The Kier molecular flexibility index (Phi) is 4.85. The average molecular weight is 302 g/mol. The number of nitrogens with one attached hydrogen (secondary N) is 1. The third kappa shape index (κ3) is 3.33. The molecular formula is C12H18N2O5S. The second-order valence-electron chi connectivity index (χ2n) is 4.77. The third-order valence-corrected chi connectivity index (χ3v) is 4.59. The molecule has 1 rings (SSSR count). The molecule has 8 heteroatoms. The van der Waals surface area contributed by atoms with Crippen LogP contribution in [0.15, 0.2) is 11.0 Å². The molecule has 1 aromatic rings. The van der Waals surface area contributed by atoms with E-state index in [4.69, 9.17) is 5.11 Å². The Morgan fingerprint density at radius 1 is 1.35 bits per heavy atom. The van der Waals surface area contributed by atoms with Gasteiger partial charge in [0.15, 0.2) is 0 Å². The van der Waals surface area contributed by atoms with Crippen molar-refractivity contribution >= 4 is 15.7 Å². The average Bonchev–Trinajstić information content (AvgIpc) is 2.24. The normalized spacial score (nSPS) is 13.2. The third-order valence-electron chi connectivity index (χ3n) is 2.88. The lowest BCUT2D eigenvalue weighted by atomic mass is 10.1. The van der Waals surface area contributed by atoms with Crippen molar-refractivity contribution in [2.24, 2.45) is 0 Å². The van der Waals surface area contributed by atoms with Gasteiger partial charge in [0, 0.05) is 17.7 Å². The Morgan fingerprint density at radius 2 is 1.90 bits per heavy atom. The highest BCUT2D eigenvalue weighted by Crippen LogP contribution is 2.31. The molecule has 20 heavy (non-hydrogen) atoms. The molecule has 0 aliphatic rings. The summed E-state index contributed by atoms with van der Waals surface area (Å²) in [5, 5.41) is 20.2. The van der Waals surface area contributed by atoms with Crippen molar-refractivity contribution in [2.75, 3.05) is 6.54 Å². The van der Waals surface area contributed by atoms with E-state index in [9.17, 15) is 18.5 Å². The predicted octanol–water partition coefficient (Wildman–Crippen LogP) is 1.18. The molecule has 7 nitrogen and oxygen atoms in total. The second-order valence-corrected chi connectivity index (χ2v) is 6.47. The van der Waals surface area contributed by atoms with Gasteiger partial charge in [-0.2, -0.15) is 0 Å². The number of nitro benzene ring substituents is 1. The summed E-state index contributed by atoms with van der Waals surface area (Å²) in [6.07, 6.45) is -0.842. The molecule has 0 fully saturated rings. The standard InChI is InChI=1S/C12H18N2O5S/c1-7-5-8(2)12(10(4)11(7)14(16)17)20(18,19)13-6-9(3)15/h5,9,13,15H,6H2,1-4H3/t9-/m0/s1. The van der Waals surface area contributed by atoms with Crippen LogP contribution in [0.1, 0.15) is 23.6 Å². The number of aryl methyl sites for hydroxylation is 2. The highest BCUT2D eigenvalue weighted by Gasteiger charge is 2.27. The first kappa shape index (κ1) is 16.5. The number of aliphatic hydroxyl groups is 1. The van der Waals surface area contributed by atoms with E-state index in [1.807, 2.05) is 0 Å². The Morgan fingerprint density at radius 3 is 2.35 bits per heavy atom. The van der Waals surface area contributed by atoms with Gasteiger partial charge in [0.05, 0.1) is 15.9 Å². The molecule has 0 aliphatic heterocycles. The van der Waals surface area contributed by atoms with Gasteiger partial charge in [-0.05, 0) is 39.3 Å². The van der Waals surface area contributed by atoms with Crippen LogP contribution in [-0.2, 0) is 10.0 Å². The highest BCUT2D eigenvalue weighted by atomic mass is 32.2. The molecule has 0 heterocycles. The number of hydrogen-bond acceptors (Lipinski definition) is 5. The van der Waals surface area contributed by atoms with Crippen LogP contribution in [-0.4, -0.2) is 31.1 Å². The molecule has 0 aromatic heterocycles. The molecule has 0 saturated heterocycles. The maximum absolute atomic E-state index is 12.2. The SMILES string of the molecule is Cc1cc(C)c(S(=O)(=O)NC[C@H](C)O)c(C)c1[N+](=O)[O-]. The van der Waals surface area contributed by atoms with E-state index in [0.717, 1.165) is 0 Å². The van der Waals surface area contributed by atoms with Crippen LogP contribution in [0.4, 0.5) is 5.69 Å². The summed E-state index contributed by atoms with van der Waals surface area (Å²) in [5.41, 5.74) is 0.752. The van der Waals surface area contributed by atoms with E-state index >= 15 is 0 Å². The molecule has 0 aliphatic carbocycles. The topological polar surface area (TPSA) is 110 Å². The summed E-state index contributed by atoms with van der Waals surface area (Å²) in [6, 6.07) is 1.47. The first-order chi connectivity index (χ1) is 9.08. The lowest BCUT2D eigenvalue weighted by Gasteiger charge is -2.14. The number of sulfonamides is 1. The van der Waals surface area contributed by atoms with Crippen LogP contribution in [0.3, 0.4) is 0 Å². The van der Waals surface area contributed by atoms with Gasteiger partial charge < -0.3 is 5.11 Å². The summed E-state index contributed by atoms with van der Waals surface area (Å²) in [6.45, 7) is 5.86. The van der Waals surface area contributed by atoms with Crippen LogP contribution in [0.2, 0.25) is 0 Å². The maximum atomic E-state index is 12.2. The van der Waals surface area contributed by atoms with Crippen molar-refractivity contribution in [2.45, 2.75) is 38.7 Å². The fraction of sp³-hybridized carbons (Fsp3) is 0.500. The summed E-state index contributed by atoms with van der Waals surface area (Å²) in [5.74, 6) is 0. The highest BCUT2D eigenvalue weighted by molar-refractivity contribution is 7.89. The number of aliphatic hydroxyl groups excluding tert-OH is 1. The van der Waals surface area contributed by atoms with E-state index in [-0.39, 0.29) is 22.7 Å². The second kappa shape index (κ2) is 5.86. The van der Waals surface area contributed by atoms with Crippen molar-refractivity contribution < 1.29 is 18.4 Å². The zero-order valence-electron chi connectivity index (χ0n) is 11.8. The van der Waals surface area contributed by atoms with Gasteiger partial charge >= 0.3 is 0 Å². The molecule has 0 amide bonds. The molecule has 0 bridgehead atoms. The van der Waals surface area contributed by atoms with Crippen molar-refractivity contribution in [3.63, 3.8) is 0 Å². The Hall–Kier alpha value is -1.51. The quantitative estimate of drug-likeness (QED) is 0.627. The van der Waals surface area contributed by atoms with Gasteiger partial charge in [0.25, 0.3) is 5.69 Å². The molecule has 1 atom stereocenters. The first-order valence-corrected chi connectivity index (χ1v) is 7.49. The lowest BCUT2D eigenvalue weighted by molar-refractivity contribution is -0.386. The summed E-state index contributed by atoms with van der Waals surface area (Å²) in [7, 11) is -3.90. The fourth-order valence-corrected chi connectivity index (χ4v) is 3.74. The molecule has 0 saturated carbocycles. The molecule has 0 radical (unpaired) electrons. The van der Waals surface area contributed by atoms with Crippen molar-refractivity contribution in [1.82, 2.24) is 4.72 Å². The smallest absolute Gasteiger partial charge is 0.276 e. The number of benzene rings is 1. The number of rotatable bonds is 5. The molecular weight excluding hydrogens is 284 g/mol. The summed E-state index contributed by atoms with van der Waals surface area (Å²) >= 11 is 0. The van der Waals surface area contributed by atoms with E-state index < -0.39 is 21.1 Å². The van der Waals surface area contributed by atoms with Gasteiger partial charge in [-0.3, -0.25) is 10.1 Å². The van der Waals surface area contributed by atoms with Gasteiger partial charge in [-0.1, -0.05) is 0 Å². The minimum atomic E-state index is -3.90. The van der Waals surface area contributed by atoms with E-state index in [1.165, 1.54) is 19.9 Å². The first-order valence-electron chi connectivity index (χ1n) is 6.01. The molecule has 0 unspecified atom stereocenters. The zero-order chi connectivity index (χ0) is 15.7. The fourth-order valence-electron chi connectivity index (χ4n) is 2.15. The zero-order valence-corrected chi connectivity index (χ0v) is 12.6. The monoisotopic (exact) mass is 302 g/mol. The molecule has 112 valence electrons. The number of hydrogen-bond donors (Lipinski definition) is 2. The van der Waals surface area contributed by atoms with Crippen LogP contribution in [0, 0.1) is 30.9 Å². The lowest BCUT2D eigenvalue weighted by Crippen LogP contribution is -2.31. The van der Waals surface area contributed by atoms with Crippen LogP contribution in [0.25, 0.3) is 0 Å². The van der Waals surface area contributed by atoms with Crippen LogP contribution in [0.5, 0.6) is 0 Å². The maximum Gasteiger partial charge on any atom is 0.276 e. The Bertz CT molecular complexity index is 638. The van der Waals surface area contributed by atoms with Crippen LogP contribution < -0.4 is 4.72 Å². The minimum absolute atomic E-state index is 0.101. The van der Waals surface area contributed by atoms with Crippen molar-refractivity contribution in [1.29, 1.82) is 0 Å². The Labute approximate surface area is 117 Å². The van der Waals surface area contributed by atoms with Crippen molar-refractivity contribution in [3.8, 4) is 0 Å². The van der Waals surface area contributed by atoms with Gasteiger partial charge in [0.2, 0.25) is 10.0 Å². The predicted molar refractivity (Wildman–Crippen MR) is 74.2 cm³/mol. The Balaban J connectivity index is 3.46. The van der Waals surface area contributed by atoms with Gasteiger partial charge in [-0.15, -0.1) is 0 Å². The number of nitro groups is 1. The largest absolute Gasteiger partial charge is 0.392 e. The molecule has 2 N–H and O–H groups in total. The van der Waals surface area contributed by atoms with E-state index in [2.05, 4.69) is 4.72 Å². The molecule has 0 spiro atoms. The van der Waals surface area contributed by atoms with Gasteiger partial charge in [-0.25, -0.2) is 13.1 Å². The van der Waals surface area contributed by atoms with E-state index in [1.54, 1.807) is 13.8 Å². The summed E-state index contributed by atoms with van der Waals surface area (Å²) in [4.78, 5) is 10.4. The molecule has 1 aromatic carbocycles. The number of nitrogens with zero attached hydrogens (tertiary/aromatic N) is 1.